The lowest BCUT2D eigenvalue weighted by atomic mass is 9.88. The Morgan fingerprint density at radius 2 is 1.86 bits per heavy atom. The molecule has 3 rings (SSSR count). The van der Waals surface area contributed by atoms with Gasteiger partial charge in [0.1, 0.15) is 0 Å². The zero-order valence-corrected chi connectivity index (χ0v) is 23.3. The second-order valence-corrected chi connectivity index (χ2v) is 11.0. The van der Waals surface area contributed by atoms with E-state index in [1.165, 1.54) is 11.1 Å². The molecule has 202 valence electrons. The van der Waals surface area contributed by atoms with Crippen molar-refractivity contribution in [3.8, 4) is 0 Å². The molecule has 0 unspecified atom stereocenters. The average molecular weight is 508 g/mol. The third-order valence-corrected chi connectivity index (χ3v) is 7.19. The number of rotatable bonds is 14. The highest BCUT2D eigenvalue weighted by Gasteiger charge is 2.28. The lowest BCUT2D eigenvalue weighted by Gasteiger charge is -2.31. The summed E-state index contributed by atoms with van der Waals surface area (Å²) in [6, 6.07) is 14.9. The smallest absolute Gasteiger partial charge is 0.306 e. The minimum atomic E-state index is -0.587. The van der Waals surface area contributed by atoms with Gasteiger partial charge in [0.2, 0.25) is 0 Å². The minimum absolute atomic E-state index is 0.0582. The molecular formula is C32H45NO4. The zero-order valence-electron chi connectivity index (χ0n) is 23.3. The Morgan fingerprint density at radius 1 is 1.16 bits per heavy atom. The number of esters is 1. The topological polar surface area (TPSA) is 67.8 Å². The Kier molecular flexibility index (Phi) is 10.9. The van der Waals surface area contributed by atoms with Crippen molar-refractivity contribution >= 4 is 12.0 Å². The van der Waals surface area contributed by atoms with Crippen LogP contribution >= 0.6 is 0 Å². The van der Waals surface area contributed by atoms with E-state index < -0.39 is 6.10 Å². The molecule has 0 heterocycles. The molecule has 0 aliphatic heterocycles. The maximum atomic E-state index is 11.6. The number of aliphatic hydroxyl groups is 1. The molecule has 0 saturated carbocycles. The first-order chi connectivity index (χ1) is 17.7. The van der Waals surface area contributed by atoms with Gasteiger partial charge >= 0.3 is 5.97 Å². The van der Waals surface area contributed by atoms with E-state index in [-0.39, 0.29) is 24.2 Å². The Balaban J connectivity index is 1.46. The first-order valence-corrected chi connectivity index (χ1v) is 13.7. The van der Waals surface area contributed by atoms with Gasteiger partial charge in [0, 0.05) is 18.5 Å². The van der Waals surface area contributed by atoms with E-state index in [0.717, 1.165) is 36.0 Å². The maximum absolute atomic E-state index is 11.6. The van der Waals surface area contributed by atoms with Gasteiger partial charge in [-0.1, -0.05) is 54.6 Å². The summed E-state index contributed by atoms with van der Waals surface area (Å²) in [5.74, 6) is 0.464. The highest BCUT2D eigenvalue weighted by Crippen LogP contribution is 2.32. The van der Waals surface area contributed by atoms with Crippen molar-refractivity contribution < 1.29 is 19.4 Å². The van der Waals surface area contributed by atoms with Crippen LogP contribution < -0.4 is 5.32 Å². The molecular weight excluding hydrogens is 462 g/mol. The molecule has 1 aliphatic rings. The fraction of sp³-hybridized carbons (Fsp3) is 0.531. The van der Waals surface area contributed by atoms with Gasteiger partial charge in [-0.15, -0.1) is 0 Å². The van der Waals surface area contributed by atoms with Crippen LogP contribution in [0.5, 0.6) is 0 Å². The number of fused-ring (bicyclic) bond motifs is 1. The van der Waals surface area contributed by atoms with Crippen LogP contribution in [0, 0.1) is 12.8 Å². The van der Waals surface area contributed by atoms with Gasteiger partial charge in [0.25, 0.3) is 0 Å². The molecule has 0 fully saturated rings. The molecule has 0 bridgehead atoms. The van der Waals surface area contributed by atoms with Gasteiger partial charge in [0.15, 0.2) is 0 Å². The molecule has 0 spiro atoms. The SMILES string of the molecule is CCOC(=O)CCC=Cc1c(C)cccc1[C@@H](C)OC[C@H](O)CNC(C)(C)CC1Cc2ccccc2C1. The minimum Gasteiger partial charge on any atom is -0.466 e. The van der Waals surface area contributed by atoms with Crippen LogP contribution in [0.2, 0.25) is 0 Å². The summed E-state index contributed by atoms with van der Waals surface area (Å²) < 4.78 is 11.1. The van der Waals surface area contributed by atoms with Crippen molar-refractivity contribution in [2.45, 2.75) is 84.5 Å². The highest BCUT2D eigenvalue weighted by atomic mass is 16.5. The fourth-order valence-electron chi connectivity index (χ4n) is 5.31. The average Bonchev–Trinajstić information content (AvgIpc) is 3.26. The van der Waals surface area contributed by atoms with Gasteiger partial charge < -0.3 is 19.9 Å². The van der Waals surface area contributed by atoms with Crippen LogP contribution in [0.15, 0.2) is 48.5 Å². The van der Waals surface area contributed by atoms with Gasteiger partial charge in [-0.2, -0.15) is 0 Å². The van der Waals surface area contributed by atoms with E-state index in [2.05, 4.69) is 68.6 Å². The lowest BCUT2D eigenvalue weighted by molar-refractivity contribution is -0.142. The number of carbonyl (C=O) groups is 1. The summed E-state index contributed by atoms with van der Waals surface area (Å²) in [7, 11) is 0. The van der Waals surface area contributed by atoms with Gasteiger partial charge in [-0.3, -0.25) is 4.79 Å². The van der Waals surface area contributed by atoms with Crippen LogP contribution in [0.3, 0.4) is 0 Å². The van der Waals surface area contributed by atoms with Crippen LogP contribution in [-0.4, -0.2) is 42.5 Å². The summed E-state index contributed by atoms with van der Waals surface area (Å²) in [6.45, 7) is 11.5. The highest BCUT2D eigenvalue weighted by molar-refractivity contribution is 5.69. The number of hydrogen-bond acceptors (Lipinski definition) is 5. The second-order valence-electron chi connectivity index (χ2n) is 11.0. The summed E-state index contributed by atoms with van der Waals surface area (Å²) in [5.41, 5.74) is 6.24. The number of aliphatic hydroxyl groups excluding tert-OH is 1. The van der Waals surface area contributed by atoms with Crippen LogP contribution in [0.1, 0.15) is 80.9 Å². The molecule has 0 saturated heterocycles. The molecule has 2 aromatic rings. The third-order valence-electron chi connectivity index (χ3n) is 7.19. The van der Waals surface area contributed by atoms with Crippen LogP contribution in [0.4, 0.5) is 0 Å². The number of ether oxygens (including phenoxy) is 2. The first kappa shape index (κ1) is 29.1. The van der Waals surface area contributed by atoms with Gasteiger partial charge in [-0.05, 0) is 94.0 Å². The van der Waals surface area contributed by atoms with Crippen molar-refractivity contribution in [2.24, 2.45) is 5.92 Å². The quantitative estimate of drug-likeness (QED) is 0.309. The van der Waals surface area contributed by atoms with Gasteiger partial charge in [0.05, 0.1) is 25.4 Å². The number of benzene rings is 2. The number of β-amino-alcohol motifs (C(OH)–C–C–N with tert-alkyl or cyclic N) is 1. The molecule has 0 aromatic heterocycles. The first-order valence-electron chi connectivity index (χ1n) is 13.7. The fourth-order valence-corrected chi connectivity index (χ4v) is 5.31. The lowest BCUT2D eigenvalue weighted by Crippen LogP contribution is -2.45. The van der Waals surface area contributed by atoms with E-state index in [1.807, 2.05) is 26.0 Å². The molecule has 5 nitrogen and oxygen atoms in total. The number of carbonyl (C=O) groups excluding carboxylic acids is 1. The molecule has 2 aromatic carbocycles. The maximum Gasteiger partial charge on any atom is 0.306 e. The van der Waals surface area contributed by atoms with Crippen molar-refractivity contribution in [3.05, 3.63) is 76.4 Å². The monoisotopic (exact) mass is 507 g/mol. The summed E-state index contributed by atoms with van der Waals surface area (Å²) in [5, 5.41) is 14.2. The van der Waals surface area contributed by atoms with Crippen molar-refractivity contribution in [1.82, 2.24) is 5.32 Å². The third kappa shape index (κ3) is 9.10. The Bertz CT molecular complexity index is 1020. The van der Waals surface area contributed by atoms with E-state index in [9.17, 15) is 9.90 Å². The number of hydrogen-bond donors (Lipinski definition) is 2. The summed E-state index contributed by atoms with van der Waals surface area (Å²) in [6.07, 6.45) is 7.68. The summed E-state index contributed by atoms with van der Waals surface area (Å²) >= 11 is 0. The van der Waals surface area contributed by atoms with E-state index in [1.54, 1.807) is 0 Å². The standard InChI is InChI=1S/C32H45NO4/c1-6-36-31(35)17-10-9-15-29-23(2)12-11-16-30(29)24(3)37-22-28(34)21-33-32(4,5)20-25-18-26-13-7-8-14-27(26)19-25/h7-9,11-16,24-25,28,33-34H,6,10,17-22H2,1-5H3/t24-,28-/m1/s1. The Labute approximate surface area is 223 Å². The molecule has 2 N–H and O–H groups in total. The summed E-state index contributed by atoms with van der Waals surface area (Å²) in [4.78, 5) is 11.6. The Morgan fingerprint density at radius 3 is 2.54 bits per heavy atom. The largest absolute Gasteiger partial charge is 0.466 e. The molecule has 2 atom stereocenters. The van der Waals surface area contributed by atoms with E-state index in [4.69, 9.17) is 9.47 Å². The van der Waals surface area contributed by atoms with E-state index >= 15 is 0 Å². The molecule has 0 radical (unpaired) electrons. The number of allylic oxidation sites excluding steroid dienone is 1. The van der Waals surface area contributed by atoms with Crippen LogP contribution in [-0.2, 0) is 27.1 Å². The predicted molar refractivity (Wildman–Crippen MR) is 150 cm³/mol. The molecule has 1 aliphatic carbocycles. The van der Waals surface area contributed by atoms with Crippen LogP contribution in [0.25, 0.3) is 6.08 Å². The Hall–Kier alpha value is -2.47. The van der Waals surface area contributed by atoms with Crippen molar-refractivity contribution in [2.75, 3.05) is 19.8 Å². The number of aryl methyl sites for hydroxylation is 1. The molecule has 5 heteroatoms. The van der Waals surface area contributed by atoms with Crippen molar-refractivity contribution in [3.63, 3.8) is 0 Å². The van der Waals surface area contributed by atoms with E-state index in [0.29, 0.717) is 31.9 Å². The van der Waals surface area contributed by atoms with Crippen molar-refractivity contribution in [1.29, 1.82) is 0 Å². The normalized spacial score (nSPS) is 15.6. The predicted octanol–water partition coefficient (Wildman–Crippen LogP) is 5.96. The zero-order chi connectivity index (χ0) is 26.8. The molecule has 0 amide bonds. The van der Waals surface area contributed by atoms with Gasteiger partial charge in [-0.25, -0.2) is 0 Å². The number of nitrogens with one attached hydrogen (secondary N) is 1. The second kappa shape index (κ2) is 13.9. The molecule has 37 heavy (non-hydrogen) atoms.